The summed E-state index contributed by atoms with van der Waals surface area (Å²) in [5.74, 6) is 0.621. The van der Waals surface area contributed by atoms with Crippen molar-refractivity contribution in [3.05, 3.63) is 87.4 Å². The minimum atomic E-state index is -0.284. The van der Waals surface area contributed by atoms with Crippen LogP contribution < -0.4 is 5.43 Å². The number of carbonyl (C=O) groups excluding carboxylic acids is 1. The van der Waals surface area contributed by atoms with Crippen LogP contribution in [-0.2, 0) is 10.5 Å². The summed E-state index contributed by atoms with van der Waals surface area (Å²) in [7, 11) is 0. The second-order valence-corrected chi connectivity index (χ2v) is 8.43. The molecule has 0 fully saturated rings. The summed E-state index contributed by atoms with van der Waals surface area (Å²) in [6, 6.07) is 16.6. The molecule has 1 amide bonds. The van der Waals surface area contributed by atoms with Crippen LogP contribution >= 0.6 is 27.7 Å². The highest BCUT2D eigenvalue weighted by molar-refractivity contribution is 9.10. The molecule has 1 N–H and O–H groups in total. The van der Waals surface area contributed by atoms with Crippen LogP contribution in [0.3, 0.4) is 0 Å². The van der Waals surface area contributed by atoms with Crippen LogP contribution in [0.15, 0.2) is 64.2 Å². The van der Waals surface area contributed by atoms with Crippen LogP contribution in [-0.4, -0.2) is 22.4 Å². The van der Waals surface area contributed by atoms with Gasteiger partial charge in [0, 0.05) is 27.2 Å². The number of halogens is 2. The number of hydrogen-bond donors (Lipinski definition) is 1. The molecule has 0 atom stereocenters. The lowest BCUT2D eigenvalue weighted by Crippen LogP contribution is -2.19. The summed E-state index contributed by atoms with van der Waals surface area (Å²) in [4.78, 5) is 12.0. The molecule has 0 bridgehead atoms. The molecular weight excluding hydrogens is 453 g/mol. The Morgan fingerprint density at radius 3 is 2.76 bits per heavy atom. The minimum Gasteiger partial charge on any atom is -0.315 e. The number of hydrogen-bond acceptors (Lipinski definition) is 3. The maximum atomic E-state index is 14.1. The van der Waals surface area contributed by atoms with Gasteiger partial charge in [-0.05, 0) is 49.7 Å². The van der Waals surface area contributed by atoms with Crippen molar-refractivity contribution in [2.24, 2.45) is 5.10 Å². The topological polar surface area (TPSA) is 46.4 Å². The van der Waals surface area contributed by atoms with Crippen molar-refractivity contribution in [3.63, 3.8) is 0 Å². The van der Waals surface area contributed by atoms with Crippen LogP contribution in [0.1, 0.15) is 22.5 Å². The monoisotopic (exact) mass is 473 g/mol. The summed E-state index contributed by atoms with van der Waals surface area (Å²) in [6.07, 6.45) is 1.59. The summed E-state index contributed by atoms with van der Waals surface area (Å²) >= 11 is 4.97. The predicted molar refractivity (Wildman–Crippen MR) is 121 cm³/mol. The van der Waals surface area contributed by atoms with E-state index in [4.69, 9.17) is 0 Å². The van der Waals surface area contributed by atoms with Crippen molar-refractivity contribution < 1.29 is 9.18 Å². The Morgan fingerprint density at radius 2 is 2.00 bits per heavy atom. The maximum Gasteiger partial charge on any atom is 0.250 e. The van der Waals surface area contributed by atoms with Gasteiger partial charge in [-0.2, -0.15) is 5.10 Å². The molecular formula is C22H21BrFN3OS. The number of benzene rings is 2. The first-order chi connectivity index (χ1) is 14.0. The normalized spacial score (nSPS) is 11.2. The Labute approximate surface area is 182 Å². The van der Waals surface area contributed by atoms with Crippen molar-refractivity contribution in [3.8, 4) is 5.69 Å². The van der Waals surface area contributed by atoms with Crippen molar-refractivity contribution in [1.29, 1.82) is 0 Å². The van der Waals surface area contributed by atoms with Gasteiger partial charge in [-0.1, -0.05) is 40.2 Å². The lowest BCUT2D eigenvalue weighted by molar-refractivity contribution is -0.118. The molecule has 0 aliphatic rings. The van der Waals surface area contributed by atoms with Crippen LogP contribution in [0.25, 0.3) is 5.69 Å². The number of para-hydroxylation sites is 1. The molecule has 0 saturated heterocycles. The highest BCUT2D eigenvalue weighted by atomic mass is 79.9. The molecule has 4 nitrogen and oxygen atoms in total. The van der Waals surface area contributed by atoms with Gasteiger partial charge in [0.05, 0.1) is 17.7 Å². The molecule has 150 valence electrons. The van der Waals surface area contributed by atoms with Crippen LogP contribution in [0, 0.1) is 19.7 Å². The fourth-order valence-corrected chi connectivity index (χ4v) is 4.23. The smallest absolute Gasteiger partial charge is 0.250 e. The Hall–Kier alpha value is -2.38. The van der Waals surface area contributed by atoms with Gasteiger partial charge in [0.2, 0.25) is 5.91 Å². The summed E-state index contributed by atoms with van der Waals surface area (Å²) in [5, 5.41) is 4.06. The van der Waals surface area contributed by atoms with E-state index in [0.717, 1.165) is 32.7 Å². The fourth-order valence-electron chi connectivity index (χ4n) is 3.02. The molecule has 0 saturated carbocycles. The summed E-state index contributed by atoms with van der Waals surface area (Å²) in [5.41, 5.74) is 6.78. The number of thioether (sulfide) groups is 1. The fraction of sp³-hybridized carbons (Fsp3) is 0.182. The summed E-state index contributed by atoms with van der Waals surface area (Å²) < 4.78 is 17.0. The van der Waals surface area contributed by atoms with E-state index in [0.29, 0.717) is 11.4 Å². The standard InChI is InChI=1S/C22H21BrFN3OS/c1-15-10-18(16(2)27(15)21-9-4-3-8-20(21)24)12-25-26-22(28)14-29-13-17-6-5-7-19(23)11-17/h3-12H,13-14H2,1-2H3,(H,26,28)/b25-12-. The first-order valence-electron chi connectivity index (χ1n) is 9.03. The van der Waals surface area contributed by atoms with Gasteiger partial charge in [0.15, 0.2) is 0 Å². The highest BCUT2D eigenvalue weighted by Crippen LogP contribution is 2.22. The number of aromatic nitrogens is 1. The van der Waals surface area contributed by atoms with Gasteiger partial charge in [-0.15, -0.1) is 11.8 Å². The van der Waals surface area contributed by atoms with Crippen molar-refractivity contribution in [2.75, 3.05) is 5.75 Å². The number of hydrazone groups is 1. The molecule has 1 aromatic heterocycles. The Morgan fingerprint density at radius 1 is 1.21 bits per heavy atom. The zero-order valence-electron chi connectivity index (χ0n) is 16.2. The number of amides is 1. The largest absolute Gasteiger partial charge is 0.315 e. The van der Waals surface area contributed by atoms with E-state index in [2.05, 4.69) is 26.5 Å². The second kappa shape index (κ2) is 9.89. The van der Waals surface area contributed by atoms with Gasteiger partial charge in [-0.3, -0.25) is 4.79 Å². The van der Waals surface area contributed by atoms with Gasteiger partial charge >= 0.3 is 0 Å². The lowest BCUT2D eigenvalue weighted by Gasteiger charge is -2.10. The first-order valence-corrected chi connectivity index (χ1v) is 11.0. The van der Waals surface area contributed by atoms with Crippen LogP contribution in [0.2, 0.25) is 0 Å². The van der Waals surface area contributed by atoms with Crippen molar-refractivity contribution >= 4 is 39.8 Å². The Bertz CT molecular complexity index is 1050. The van der Waals surface area contributed by atoms with Crippen LogP contribution in [0.5, 0.6) is 0 Å². The van der Waals surface area contributed by atoms with Gasteiger partial charge < -0.3 is 4.57 Å². The Kier molecular flexibility index (Phi) is 7.28. The van der Waals surface area contributed by atoms with E-state index in [9.17, 15) is 9.18 Å². The second-order valence-electron chi connectivity index (χ2n) is 6.53. The average Bonchev–Trinajstić information content (AvgIpc) is 2.96. The Balaban J connectivity index is 1.57. The third kappa shape index (κ3) is 5.58. The van der Waals surface area contributed by atoms with E-state index >= 15 is 0 Å². The number of aryl methyl sites for hydroxylation is 1. The molecule has 7 heteroatoms. The molecule has 29 heavy (non-hydrogen) atoms. The van der Waals surface area contributed by atoms with E-state index in [1.807, 2.05) is 48.7 Å². The molecule has 2 aromatic carbocycles. The van der Waals surface area contributed by atoms with E-state index < -0.39 is 0 Å². The molecule has 1 heterocycles. The van der Waals surface area contributed by atoms with Crippen LogP contribution in [0.4, 0.5) is 4.39 Å². The number of nitrogens with zero attached hydrogens (tertiary/aromatic N) is 2. The van der Waals surface area contributed by atoms with Gasteiger partial charge in [0.25, 0.3) is 0 Å². The average molecular weight is 474 g/mol. The quantitative estimate of drug-likeness (QED) is 0.369. The third-order valence-electron chi connectivity index (χ3n) is 4.35. The molecule has 0 radical (unpaired) electrons. The zero-order valence-corrected chi connectivity index (χ0v) is 18.6. The number of carbonyl (C=O) groups is 1. The van der Waals surface area contributed by atoms with E-state index in [-0.39, 0.29) is 11.7 Å². The molecule has 0 aliphatic carbocycles. The zero-order chi connectivity index (χ0) is 20.8. The van der Waals surface area contributed by atoms with E-state index in [1.165, 1.54) is 17.8 Å². The molecule has 3 aromatic rings. The third-order valence-corrected chi connectivity index (χ3v) is 5.84. The SMILES string of the molecule is Cc1cc(/C=N\NC(=O)CSCc2cccc(Br)c2)c(C)n1-c1ccccc1F. The molecule has 0 spiro atoms. The maximum absolute atomic E-state index is 14.1. The molecule has 0 aliphatic heterocycles. The van der Waals surface area contributed by atoms with Gasteiger partial charge in [-0.25, -0.2) is 9.82 Å². The first kappa shape index (κ1) is 21.3. The van der Waals surface area contributed by atoms with Gasteiger partial charge in [0.1, 0.15) is 5.82 Å². The number of rotatable bonds is 7. The lowest BCUT2D eigenvalue weighted by atomic mass is 10.2. The molecule has 0 unspecified atom stereocenters. The minimum absolute atomic E-state index is 0.163. The van der Waals surface area contributed by atoms with Crippen molar-refractivity contribution in [1.82, 2.24) is 9.99 Å². The highest BCUT2D eigenvalue weighted by Gasteiger charge is 2.12. The summed E-state index contributed by atoms with van der Waals surface area (Å²) in [6.45, 7) is 3.81. The molecule has 3 rings (SSSR count). The van der Waals surface area contributed by atoms with E-state index in [1.54, 1.807) is 24.4 Å². The number of nitrogens with one attached hydrogen (secondary N) is 1. The predicted octanol–water partition coefficient (Wildman–Crippen LogP) is 5.38. The van der Waals surface area contributed by atoms with Crippen molar-refractivity contribution in [2.45, 2.75) is 19.6 Å².